The lowest BCUT2D eigenvalue weighted by atomic mass is 10.1. The zero-order valence-electron chi connectivity index (χ0n) is 10.7. The third kappa shape index (κ3) is 3.98. The number of thiophene rings is 1. The minimum Gasteiger partial charge on any atom is -0.345 e. The summed E-state index contributed by atoms with van der Waals surface area (Å²) in [5.41, 5.74) is 1.05. The Morgan fingerprint density at radius 3 is 2.70 bits per heavy atom. The molecule has 0 unspecified atom stereocenters. The van der Waals surface area contributed by atoms with Gasteiger partial charge < -0.3 is 5.32 Å². The number of carbonyl (C=O) groups excluding carboxylic acids is 1. The summed E-state index contributed by atoms with van der Waals surface area (Å²) in [6.07, 6.45) is 0.805. The summed E-state index contributed by atoms with van der Waals surface area (Å²) in [5.74, 6) is 4.91. The fourth-order valence-electron chi connectivity index (χ4n) is 1.61. The van der Waals surface area contributed by atoms with Crippen molar-refractivity contribution < 1.29 is 4.79 Å². The lowest BCUT2D eigenvalue weighted by molar-refractivity contribution is -0.115. The van der Waals surface area contributed by atoms with Crippen LogP contribution in [-0.2, 0) is 11.2 Å². The van der Waals surface area contributed by atoms with Crippen molar-refractivity contribution in [2.45, 2.75) is 6.42 Å². The van der Waals surface area contributed by atoms with Gasteiger partial charge in [-0.25, -0.2) is 0 Å². The van der Waals surface area contributed by atoms with E-state index in [9.17, 15) is 4.79 Å². The van der Waals surface area contributed by atoms with Crippen molar-refractivity contribution in [1.29, 1.82) is 5.26 Å². The zero-order chi connectivity index (χ0) is 14.2. The van der Waals surface area contributed by atoms with E-state index in [-0.39, 0.29) is 5.91 Å². The zero-order valence-corrected chi connectivity index (χ0v) is 11.5. The van der Waals surface area contributed by atoms with E-state index in [1.807, 2.05) is 23.6 Å². The maximum atomic E-state index is 11.6. The molecule has 0 aliphatic carbocycles. The van der Waals surface area contributed by atoms with Crippen molar-refractivity contribution in [2.24, 2.45) is 0 Å². The molecule has 20 heavy (non-hydrogen) atoms. The van der Waals surface area contributed by atoms with Gasteiger partial charge in [-0.15, -0.1) is 11.3 Å². The molecule has 1 N–H and O–H groups in total. The molecule has 2 rings (SSSR count). The number of rotatable bonds is 3. The highest BCUT2D eigenvalue weighted by atomic mass is 32.1. The summed E-state index contributed by atoms with van der Waals surface area (Å²) < 4.78 is 0. The molecule has 0 radical (unpaired) electrons. The van der Waals surface area contributed by atoms with Crippen molar-refractivity contribution in [3.8, 4) is 17.9 Å². The van der Waals surface area contributed by atoms with Crippen LogP contribution >= 0.6 is 11.3 Å². The van der Waals surface area contributed by atoms with Crippen molar-refractivity contribution in [3.63, 3.8) is 0 Å². The van der Waals surface area contributed by atoms with Crippen LogP contribution in [0.1, 0.15) is 16.0 Å². The average Bonchev–Trinajstić information content (AvgIpc) is 2.98. The summed E-state index contributed by atoms with van der Waals surface area (Å²) in [6, 6.07) is 13.0. The number of benzene rings is 1. The molecule has 0 aliphatic heterocycles. The van der Waals surface area contributed by atoms with Gasteiger partial charge in [-0.2, -0.15) is 5.26 Å². The average molecular weight is 280 g/mol. The van der Waals surface area contributed by atoms with E-state index >= 15 is 0 Å². The highest BCUT2D eigenvalue weighted by Crippen LogP contribution is 2.08. The van der Waals surface area contributed by atoms with Crippen molar-refractivity contribution in [1.82, 2.24) is 5.32 Å². The fourth-order valence-corrected chi connectivity index (χ4v) is 2.32. The molecule has 0 spiro atoms. The molecule has 3 nitrogen and oxygen atoms in total. The topological polar surface area (TPSA) is 52.9 Å². The van der Waals surface area contributed by atoms with E-state index in [0.717, 1.165) is 6.42 Å². The number of nitrogens with zero attached hydrogens (tertiary/aromatic N) is 1. The Labute approximate surface area is 121 Å². The van der Waals surface area contributed by atoms with Gasteiger partial charge in [0.2, 0.25) is 0 Å². The Hall–Kier alpha value is -2.56. The van der Waals surface area contributed by atoms with E-state index in [1.54, 1.807) is 35.6 Å². The van der Waals surface area contributed by atoms with Gasteiger partial charge in [0.25, 0.3) is 5.91 Å². The molecule has 1 amide bonds. The first-order valence-corrected chi connectivity index (χ1v) is 6.99. The summed E-state index contributed by atoms with van der Waals surface area (Å²) in [7, 11) is 0. The van der Waals surface area contributed by atoms with E-state index in [0.29, 0.717) is 17.7 Å². The third-order valence-electron chi connectivity index (χ3n) is 2.60. The lowest BCUT2D eigenvalue weighted by Crippen LogP contribution is -2.23. The second-order valence-electron chi connectivity index (χ2n) is 3.99. The Bertz CT molecular complexity index is 687. The van der Waals surface area contributed by atoms with Gasteiger partial charge in [-0.3, -0.25) is 4.79 Å². The molecular weight excluding hydrogens is 268 g/mol. The van der Waals surface area contributed by atoms with Gasteiger partial charge in [0, 0.05) is 22.9 Å². The van der Waals surface area contributed by atoms with Crippen LogP contribution in [0.2, 0.25) is 0 Å². The molecule has 0 saturated heterocycles. The number of hydrogen-bond donors (Lipinski definition) is 1. The van der Waals surface area contributed by atoms with Crippen LogP contribution < -0.4 is 5.32 Å². The Balaban J connectivity index is 1.89. The monoisotopic (exact) mass is 280 g/mol. The molecule has 0 bridgehead atoms. The number of hydrogen-bond acceptors (Lipinski definition) is 3. The van der Waals surface area contributed by atoms with Crippen LogP contribution in [0, 0.1) is 23.2 Å². The second-order valence-corrected chi connectivity index (χ2v) is 5.02. The molecule has 0 aliphatic rings. The second kappa shape index (κ2) is 7.13. The standard InChI is InChI=1S/C16H12N2OS/c17-12-14-5-2-1-4-13(14)7-8-16(19)18-10-9-15-6-3-11-20-15/h1-6,11H,9-10H2,(H,18,19). The number of amides is 1. The molecule has 0 saturated carbocycles. The van der Waals surface area contributed by atoms with E-state index in [2.05, 4.69) is 17.2 Å². The summed E-state index contributed by atoms with van der Waals surface area (Å²) >= 11 is 1.67. The van der Waals surface area contributed by atoms with Crippen LogP contribution in [0.5, 0.6) is 0 Å². The van der Waals surface area contributed by atoms with Crippen LogP contribution in [-0.4, -0.2) is 12.5 Å². The normalized spacial score (nSPS) is 9.15. The summed E-state index contributed by atoms with van der Waals surface area (Å²) in [5, 5.41) is 13.7. The molecule has 0 fully saturated rings. The minimum absolute atomic E-state index is 0.325. The first-order chi connectivity index (χ1) is 9.79. The van der Waals surface area contributed by atoms with Crippen LogP contribution in [0.3, 0.4) is 0 Å². The smallest absolute Gasteiger partial charge is 0.296 e. The van der Waals surface area contributed by atoms with Crippen molar-refractivity contribution in [2.75, 3.05) is 6.54 Å². The molecule has 98 valence electrons. The Morgan fingerprint density at radius 1 is 1.20 bits per heavy atom. The Kier molecular flexibility index (Phi) is 4.94. The van der Waals surface area contributed by atoms with Crippen LogP contribution in [0.15, 0.2) is 41.8 Å². The van der Waals surface area contributed by atoms with Crippen molar-refractivity contribution >= 4 is 17.2 Å². The largest absolute Gasteiger partial charge is 0.345 e. The van der Waals surface area contributed by atoms with Gasteiger partial charge >= 0.3 is 0 Å². The first kappa shape index (κ1) is 13.9. The fraction of sp³-hybridized carbons (Fsp3) is 0.125. The van der Waals surface area contributed by atoms with Crippen molar-refractivity contribution in [3.05, 3.63) is 57.8 Å². The molecule has 1 heterocycles. The SMILES string of the molecule is N#Cc1ccccc1C#CC(=O)NCCc1cccs1. The highest BCUT2D eigenvalue weighted by Gasteiger charge is 1.99. The number of carbonyl (C=O) groups is 1. The van der Waals surface area contributed by atoms with E-state index < -0.39 is 0 Å². The minimum atomic E-state index is -0.325. The maximum absolute atomic E-state index is 11.6. The van der Waals surface area contributed by atoms with E-state index in [1.165, 1.54) is 4.88 Å². The van der Waals surface area contributed by atoms with E-state index in [4.69, 9.17) is 5.26 Å². The van der Waals surface area contributed by atoms with Gasteiger partial charge in [-0.05, 0) is 30.0 Å². The predicted octanol–water partition coefficient (Wildman–Crippen LogP) is 2.33. The Morgan fingerprint density at radius 2 is 2.00 bits per heavy atom. The van der Waals surface area contributed by atoms with Gasteiger partial charge in [0.05, 0.1) is 5.56 Å². The van der Waals surface area contributed by atoms with Crippen LogP contribution in [0.4, 0.5) is 0 Å². The molecule has 4 heteroatoms. The molecule has 2 aromatic rings. The first-order valence-electron chi connectivity index (χ1n) is 6.11. The van der Waals surface area contributed by atoms with Crippen LogP contribution in [0.25, 0.3) is 0 Å². The number of nitrogens with one attached hydrogen (secondary N) is 1. The highest BCUT2D eigenvalue weighted by molar-refractivity contribution is 7.09. The van der Waals surface area contributed by atoms with Gasteiger partial charge in [0.1, 0.15) is 6.07 Å². The predicted molar refractivity (Wildman–Crippen MR) is 79.1 cm³/mol. The summed E-state index contributed by atoms with van der Waals surface area (Å²) in [6.45, 7) is 0.563. The quantitative estimate of drug-likeness (QED) is 0.877. The third-order valence-corrected chi connectivity index (χ3v) is 3.53. The molecule has 1 aromatic carbocycles. The summed E-state index contributed by atoms with van der Waals surface area (Å²) in [4.78, 5) is 12.8. The molecular formula is C16H12N2OS. The molecule has 0 atom stereocenters. The van der Waals surface area contributed by atoms with Gasteiger partial charge in [-0.1, -0.05) is 24.1 Å². The molecule has 1 aromatic heterocycles. The lowest BCUT2D eigenvalue weighted by Gasteiger charge is -1.98. The maximum Gasteiger partial charge on any atom is 0.296 e. The number of nitriles is 1. The van der Waals surface area contributed by atoms with Gasteiger partial charge in [0.15, 0.2) is 0 Å².